The highest BCUT2D eigenvalue weighted by atomic mass is 35.5. The minimum absolute atomic E-state index is 0.107. The van der Waals surface area contributed by atoms with Crippen LogP contribution in [0, 0.1) is 5.82 Å². The Kier molecular flexibility index (Phi) is 3.97. The van der Waals surface area contributed by atoms with Gasteiger partial charge in [-0.3, -0.25) is 4.79 Å². The van der Waals surface area contributed by atoms with E-state index >= 15 is 0 Å². The van der Waals surface area contributed by atoms with Gasteiger partial charge in [-0.15, -0.1) is 0 Å². The van der Waals surface area contributed by atoms with E-state index in [1.165, 1.54) is 23.1 Å². The van der Waals surface area contributed by atoms with Crippen LogP contribution in [0.25, 0.3) is 11.5 Å². The number of carbonyl (C=O) groups is 1. The fourth-order valence-electron chi connectivity index (χ4n) is 2.91. The Hall–Kier alpha value is -2.73. The van der Waals surface area contributed by atoms with Gasteiger partial charge in [0, 0.05) is 24.4 Å². The molecule has 1 saturated heterocycles. The SMILES string of the molecule is O=C1CC(c2noc(-c3ccccc3)n2)CN1c1ccc(F)cc1Cl. The Bertz CT molecular complexity index is 929. The standard InChI is InChI=1S/C18H13ClFN3O2/c19-14-9-13(20)6-7-15(14)23-10-12(8-16(23)24)17-21-18(25-22-17)11-4-2-1-3-5-11/h1-7,9,12H,8,10H2. The summed E-state index contributed by atoms with van der Waals surface area (Å²) in [4.78, 5) is 18.3. The second-order valence-corrected chi connectivity index (χ2v) is 6.23. The Morgan fingerprint density at radius 3 is 2.76 bits per heavy atom. The maximum Gasteiger partial charge on any atom is 0.257 e. The summed E-state index contributed by atoms with van der Waals surface area (Å²) in [6.07, 6.45) is 0.251. The molecule has 1 aliphatic rings. The largest absolute Gasteiger partial charge is 0.334 e. The summed E-state index contributed by atoms with van der Waals surface area (Å²) in [6.45, 7) is 0.373. The normalized spacial score (nSPS) is 17.3. The van der Waals surface area contributed by atoms with E-state index in [1.807, 2.05) is 30.3 Å². The van der Waals surface area contributed by atoms with Crippen LogP contribution in [-0.4, -0.2) is 22.6 Å². The quantitative estimate of drug-likeness (QED) is 0.709. The van der Waals surface area contributed by atoms with Crippen molar-refractivity contribution in [2.75, 3.05) is 11.4 Å². The molecule has 1 atom stereocenters. The van der Waals surface area contributed by atoms with Crippen molar-refractivity contribution in [3.63, 3.8) is 0 Å². The number of halogens is 2. The smallest absolute Gasteiger partial charge is 0.257 e. The second kappa shape index (κ2) is 6.29. The van der Waals surface area contributed by atoms with Crippen molar-refractivity contribution in [3.05, 3.63) is 65.2 Å². The van der Waals surface area contributed by atoms with Gasteiger partial charge in [0.25, 0.3) is 5.89 Å². The minimum Gasteiger partial charge on any atom is -0.334 e. The summed E-state index contributed by atoms with van der Waals surface area (Å²) >= 11 is 6.07. The number of aromatic nitrogens is 2. The average Bonchev–Trinajstić information content (AvgIpc) is 3.23. The fourth-order valence-corrected chi connectivity index (χ4v) is 3.18. The van der Waals surface area contributed by atoms with Crippen molar-refractivity contribution in [2.45, 2.75) is 12.3 Å². The molecule has 0 bridgehead atoms. The molecular weight excluding hydrogens is 345 g/mol. The maximum atomic E-state index is 13.2. The summed E-state index contributed by atoms with van der Waals surface area (Å²) in [5.74, 6) is 0.149. The first-order chi connectivity index (χ1) is 12.1. The van der Waals surface area contributed by atoms with Crippen molar-refractivity contribution < 1.29 is 13.7 Å². The highest BCUT2D eigenvalue weighted by Crippen LogP contribution is 2.35. The van der Waals surface area contributed by atoms with Crippen molar-refractivity contribution in [3.8, 4) is 11.5 Å². The number of hydrogen-bond donors (Lipinski definition) is 0. The van der Waals surface area contributed by atoms with Crippen LogP contribution in [0.2, 0.25) is 5.02 Å². The molecule has 25 heavy (non-hydrogen) atoms. The average molecular weight is 358 g/mol. The van der Waals surface area contributed by atoms with E-state index in [1.54, 1.807) is 0 Å². The highest BCUT2D eigenvalue weighted by Gasteiger charge is 2.35. The van der Waals surface area contributed by atoms with E-state index in [9.17, 15) is 9.18 Å². The van der Waals surface area contributed by atoms with E-state index in [0.717, 1.165) is 5.56 Å². The molecule has 0 spiro atoms. The topological polar surface area (TPSA) is 59.2 Å². The van der Waals surface area contributed by atoms with Crippen LogP contribution in [-0.2, 0) is 4.79 Å². The predicted molar refractivity (Wildman–Crippen MR) is 90.9 cm³/mol. The van der Waals surface area contributed by atoms with E-state index in [4.69, 9.17) is 16.1 Å². The lowest BCUT2D eigenvalue weighted by molar-refractivity contribution is -0.117. The molecule has 1 amide bonds. The van der Waals surface area contributed by atoms with Crippen LogP contribution < -0.4 is 4.90 Å². The summed E-state index contributed by atoms with van der Waals surface area (Å²) < 4.78 is 18.5. The number of hydrogen-bond acceptors (Lipinski definition) is 4. The maximum absolute atomic E-state index is 13.2. The number of rotatable bonds is 3. The number of amides is 1. The van der Waals surface area contributed by atoms with Crippen molar-refractivity contribution in [2.24, 2.45) is 0 Å². The van der Waals surface area contributed by atoms with Crippen molar-refractivity contribution in [1.82, 2.24) is 10.1 Å². The molecule has 2 aromatic carbocycles. The zero-order valence-electron chi connectivity index (χ0n) is 13.0. The molecular formula is C18H13ClFN3O2. The van der Waals surface area contributed by atoms with Crippen LogP contribution in [0.1, 0.15) is 18.2 Å². The lowest BCUT2D eigenvalue weighted by Crippen LogP contribution is -2.24. The van der Waals surface area contributed by atoms with Crippen LogP contribution in [0.3, 0.4) is 0 Å². The van der Waals surface area contributed by atoms with Gasteiger partial charge in [-0.25, -0.2) is 4.39 Å². The molecule has 5 nitrogen and oxygen atoms in total. The third kappa shape index (κ3) is 3.00. The first kappa shape index (κ1) is 15.8. The van der Waals surface area contributed by atoms with Crippen LogP contribution in [0.15, 0.2) is 53.1 Å². The fraction of sp³-hybridized carbons (Fsp3) is 0.167. The minimum atomic E-state index is -0.442. The van der Waals surface area contributed by atoms with Gasteiger partial charge in [0.15, 0.2) is 5.82 Å². The molecule has 1 unspecified atom stereocenters. The van der Waals surface area contributed by atoms with Crippen LogP contribution in [0.5, 0.6) is 0 Å². The molecule has 126 valence electrons. The Balaban J connectivity index is 1.57. The molecule has 0 saturated carbocycles. The van der Waals surface area contributed by atoms with Gasteiger partial charge in [-0.1, -0.05) is 35.0 Å². The molecule has 2 heterocycles. The van der Waals surface area contributed by atoms with Gasteiger partial charge < -0.3 is 9.42 Å². The molecule has 3 aromatic rings. The third-order valence-electron chi connectivity index (χ3n) is 4.15. The van der Waals surface area contributed by atoms with Gasteiger partial charge in [0.2, 0.25) is 5.91 Å². The molecule has 1 fully saturated rings. The zero-order valence-corrected chi connectivity index (χ0v) is 13.8. The molecule has 0 N–H and O–H groups in total. The molecule has 1 aromatic heterocycles. The van der Waals surface area contributed by atoms with Gasteiger partial charge in [-0.2, -0.15) is 4.98 Å². The number of benzene rings is 2. The highest BCUT2D eigenvalue weighted by molar-refractivity contribution is 6.33. The zero-order chi connectivity index (χ0) is 17.4. The van der Waals surface area contributed by atoms with E-state index in [2.05, 4.69) is 10.1 Å². The molecule has 4 rings (SSSR count). The molecule has 1 aliphatic heterocycles. The Morgan fingerprint density at radius 1 is 1.20 bits per heavy atom. The summed E-state index contributed by atoms with van der Waals surface area (Å²) in [5.41, 5.74) is 1.31. The lowest BCUT2D eigenvalue weighted by Gasteiger charge is -2.17. The Morgan fingerprint density at radius 2 is 2.00 bits per heavy atom. The number of anilines is 1. The summed E-state index contributed by atoms with van der Waals surface area (Å²) in [6, 6.07) is 13.4. The van der Waals surface area contributed by atoms with Crippen molar-refractivity contribution >= 4 is 23.2 Å². The third-order valence-corrected chi connectivity index (χ3v) is 4.46. The van der Waals surface area contributed by atoms with Crippen LogP contribution in [0.4, 0.5) is 10.1 Å². The summed E-state index contributed by atoms with van der Waals surface area (Å²) in [5, 5.41) is 4.22. The number of nitrogens with zero attached hydrogens (tertiary/aromatic N) is 3. The molecule has 0 aliphatic carbocycles. The van der Waals surface area contributed by atoms with E-state index < -0.39 is 5.82 Å². The van der Waals surface area contributed by atoms with E-state index in [0.29, 0.717) is 23.9 Å². The Labute approximate surface area is 148 Å². The monoisotopic (exact) mass is 357 g/mol. The van der Waals surface area contributed by atoms with Gasteiger partial charge in [0.05, 0.1) is 10.7 Å². The predicted octanol–water partition coefficient (Wildman–Crippen LogP) is 4.05. The lowest BCUT2D eigenvalue weighted by atomic mass is 10.1. The summed E-state index contributed by atoms with van der Waals surface area (Å²) in [7, 11) is 0. The van der Waals surface area contributed by atoms with Crippen molar-refractivity contribution in [1.29, 1.82) is 0 Å². The van der Waals surface area contributed by atoms with Gasteiger partial charge in [0.1, 0.15) is 5.82 Å². The molecule has 0 radical (unpaired) electrons. The van der Waals surface area contributed by atoms with Crippen LogP contribution >= 0.6 is 11.6 Å². The first-order valence-electron chi connectivity index (χ1n) is 7.76. The first-order valence-corrected chi connectivity index (χ1v) is 8.14. The second-order valence-electron chi connectivity index (χ2n) is 5.82. The van der Waals surface area contributed by atoms with Gasteiger partial charge in [-0.05, 0) is 30.3 Å². The molecule has 7 heteroatoms. The number of carbonyl (C=O) groups excluding carboxylic acids is 1. The van der Waals surface area contributed by atoms with Gasteiger partial charge >= 0.3 is 0 Å². The van der Waals surface area contributed by atoms with E-state index in [-0.39, 0.29) is 23.3 Å².